The SMILES string of the molecule is CN1CCN(Cc2cccc(-c3nc4nccc(Cl)c4[nH]3)c2)CC1. The van der Waals surface area contributed by atoms with Crippen molar-refractivity contribution < 1.29 is 0 Å². The quantitative estimate of drug-likeness (QED) is 0.795. The molecule has 4 rings (SSSR count). The molecule has 0 radical (unpaired) electrons. The van der Waals surface area contributed by atoms with Gasteiger partial charge >= 0.3 is 0 Å². The number of nitrogens with zero attached hydrogens (tertiary/aromatic N) is 4. The Bertz CT molecular complexity index is 851. The predicted octanol–water partition coefficient (Wildman–Crippen LogP) is 3.03. The van der Waals surface area contributed by atoms with E-state index in [1.165, 1.54) is 5.56 Å². The lowest BCUT2D eigenvalue weighted by molar-refractivity contribution is 0.148. The molecule has 124 valence electrons. The van der Waals surface area contributed by atoms with Crippen molar-refractivity contribution in [3.63, 3.8) is 0 Å². The average Bonchev–Trinajstić information content (AvgIpc) is 3.03. The topological polar surface area (TPSA) is 48.1 Å². The van der Waals surface area contributed by atoms with Crippen LogP contribution in [0.25, 0.3) is 22.6 Å². The fourth-order valence-electron chi connectivity index (χ4n) is 3.10. The van der Waals surface area contributed by atoms with Crippen molar-refractivity contribution in [2.24, 2.45) is 0 Å². The smallest absolute Gasteiger partial charge is 0.179 e. The van der Waals surface area contributed by atoms with Gasteiger partial charge in [-0.25, -0.2) is 9.97 Å². The number of aromatic nitrogens is 3. The number of hydrogen-bond acceptors (Lipinski definition) is 4. The van der Waals surface area contributed by atoms with Crippen molar-refractivity contribution >= 4 is 22.8 Å². The van der Waals surface area contributed by atoms with E-state index in [9.17, 15) is 0 Å². The highest BCUT2D eigenvalue weighted by Gasteiger charge is 2.14. The number of likely N-dealkylation sites (N-methyl/N-ethyl adjacent to an activating group) is 1. The molecule has 3 heterocycles. The van der Waals surface area contributed by atoms with Gasteiger partial charge in [-0.1, -0.05) is 29.8 Å². The lowest BCUT2D eigenvalue weighted by Gasteiger charge is -2.32. The van der Waals surface area contributed by atoms with Crippen molar-refractivity contribution in [3.05, 3.63) is 47.1 Å². The van der Waals surface area contributed by atoms with Gasteiger partial charge in [-0.15, -0.1) is 0 Å². The molecule has 24 heavy (non-hydrogen) atoms. The maximum absolute atomic E-state index is 6.21. The van der Waals surface area contributed by atoms with Gasteiger partial charge in [0.05, 0.1) is 5.02 Å². The van der Waals surface area contributed by atoms with Gasteiger partial charge in [0, 0.05) is 44.5 Å². The number of pyridine rings is 1. The summed E-state index contributed by atoms with van der Waals surface area (Å²) in [6, 6.07) is 10.3. The molecule has 1 aliphatic rings. The van der Waals surface area contributed by atoms with E-state index in [-0.39, 0.29) is 0 Å². The van der Waals surface area contributed by atoms with E-state index in [1.807, 2.05) is 0 Å². The van der Waals surface area contributed by atoms with Crippen LogP contribution < -0.4 is 0 Å². The van der Waals surface area contributed by atoms with Crippen LogP contribution in [-0.4, -0.2) is 58.0 Å². The molecule has 3 aromatic rings. The van der Waals surface area contributed by atoms with Gasteiger partial charge in [0.2, 0.25) is 0 Å². The molecule has 0 saturated carbocycles. The van der Waals surface area contributed by atoms with Crippen LogP contribution in [0, 0.1) is 0 Å². The molecule has 0 aliphatic carbocycles. The van der Waals surface area contributed by atoms with Gasteiger partial charge < -0.3 is 9.88 Å². The minimum absolute atomic E-state index is 0.646. The number of imidazole rings is 1. The van der Waals surface area contributed by atoms with Crippen molar-refractivity contribution in [1.82, 2.24) is 24.8 Å². The van der Waals surface area contributed by atoms with E-state index in [0.717, 1.165) is 49.6 Å². The van der Waals surface area contributed by atoms with E-state index >= 15 is 0 Å². The molecule has 2 aromatic heterocycles. The number of H-pyrrole nitrogens is 1. The number of aromatic amines is 1. The van der Waals surface area contributed by atoms with Crippen molar-refractivity contribution in [2.75, 3.05) is 33.2 Å². The Hall–Kier alpha value is -1.95. The first kappa shape index (κ1) is 15.6. The third-order valence-corrected chi connectivity index (χ3v) is 4.86. The predicted molar refractivity (Wildman–Crippen MR) is 97.1 cm³/mol. The summed E-state index contributed by atoms with van der Waals surface area (Å²) in [4.78, 5) is 17.0. The molecule has 0 amide bonds. The summed E-state index contributed by atoms with van der Waals surface area (Å²) in [7, 11) is 2.18. The average molecular weight is 342 g/mol. The monoisotopic (exact) mass is 341 g/mol. The van der Waals surface area contributed by atoms with Crippen LogP contribution in [0.4, 0.5) is 0 Å². The molecule has 5 nitrogen and oxygen atoms in total. The molecule has 1 fully saturated rings. The molecule has 0 atom stereocenters. The summed E-state index contributed by atoms with van der Waals surface area (Å²) in [6.07, 6.45) is 1.68. The lowest BCUT2D eigenvalue weighted by atomic mass is 10.1. The molecule has 0 bridgehead atoms. The van der Waals surface area contributed by atoms with Crippen LogP contribution in [0.1, 0.15) is 5.56 Å². The van der Waals surface area contributed by atoms with Gasteiger partial charge in [-0.2, -0.15) is 0 Å². The highest BCUT2D eigenvalue weighted by Crippen LogP contribution is 2.25. The maximum Gasteiger partial charge on any atom is 0.179 e. The second-order valence-electron chi connectivity index (χ2n) is 6.36. The number of hydrogen-bond donors (Lipinski definition) is 1. The maximum atomic E-state index is 6.21. The summed E-state index contributed by atoms with van der Waals surface area (Å²) in [6.45, 7) is 5.47. The Morgan fingerprint density at radius 1 is 1.17 bits per heavy atom. The van der Waals surface area contributed by atoms with Crippen LogP contribution in [0.2, 0.25) is 5.02 Å². The highest BCUT2D eigenvalue weighted by molar-refractivity contribution is 6.34. The zero-order chi connectivity index (χ0) is 16.5. The molecular weight excluding hydrogens is 322 g/mol. The normalized spacial score (nSPS) is 16.8. The first-order valence-electron chi connectivity index (χ1n) is 8.19. The molecule has 6 heteroatoms. The Balaban J connectivity index is 1.58. The Morgan fingerprint density at radius 3 is 2.79 bits per heavy atom. The van der Waals surface area contributed by atoms with Gasteiger partial charge in [0.1, 0.15) is 11.3 Å². The van der Waals surface area contributed by atoms with Gasteiger partial charge in [-0.05, 0) is 24.7 Å². The molecular formula is C18H20ClN5. The fourth-order valence-corrected chi connectivity index (χ4v) is 3.29. The number of halogens is 1. The van der Waals surface area contributed by atoms with Crippen LogP contribution in [-0.2, 0) is 6.54 Å². The lowest BCUT2D eigenvalue weighted by Crippen LogP contribution is -2.43. The Kier molecular flexibility index (Phi) is 4.22. The first-order valence-corrected chi connectivity index (χ1v) is 8.57. The number of fused-ring (bicyclic) bond motifs is 1. The molecule has 1 saturated heterocycles. The third kappa shape index (κ3) is 3.15. The van der Waals surface area contributed by atoms with E-state index in [0.29, 0.717) is 10.7 Å². The number of rotatable bonds is 3. The van der Waals surface area contributed by atoms with Crippen LogP contribution in [0.15, 0.2) is 36.5 Å². The fraction of sp³-hybridized carbons (Fsp3) is 0.333. The van der Waals surface area contributed by atoms with Crippen molar-refractivity contribution in [2.45, 2.75) is 6.54 Å². The summed E-state index contributed by atoms with van der Waals surface area (Å²) < 4.78 is 0. The first-order chi connectivity index (χ1) is 11.7. The Labute approximate surface area is 146 Å². The Morgan fingerprint density at radius 2 is 2.00 bits per heavy atom. The second kappa shape index (κ2) is 6.51. The van der Waals surface area contributed by atoms with Gasteiger partial charge in [0.25, 0.3) is 0 Å². The third-order valence-electron chi connectivity index (χ3n) is 4.54. The largest absolute Gasteiger partial charge is 0.335 e. The highest BCUT2D eigenvalue weighted by atomic mass is 35.5. The molecule has 1 N–H and O–H groups in total. The molecule has 1 aliphatic heterocycles. The molecule has 1 aromatic carbocycles. The van der Waals surface area contributed by atoms with Crippen molar-refractivity contribution in [3.8, 4) is 11.4 Å². The summed E-state index contributed by atoms with van der Waals surface area (Å²) in [5.41, 5.74) is 3.81. The van der Waals surface area contributed by atoms with Crippen molar-refractivity contribution in [1.29, 1.82) is 0 Å². The number of nitrogens with one attached hydrogen (secondary N) is 1. The summed E-state index contributed by atoms with van der Waals surface area (Å²) >= 11 is 6.21. The standard InChI is InChI=1S/C18H20ClN5/c1-23-7-9-24(10-8-23)12-13-3-2-4-14(11-13)17-21-16-15(19)5-6-20-18(16)22-17/h2-6,11H,7-10,12H2,1H3,(H,20,21,22). The summed E-state index contributed by atoms with van der Waals surface area (Å²) in [5.74, 6) is 0.811. The van der Waals surface area contributed by atoms with Gasteiger partial charge in [-0.3, -0.25) is 4.90 Å². The number of piperazine rings is 1. The second-order valence-corrected chi connectivity index (χ2v) is 6.76. The van der Waals surface area contributed by atoms with E-state index in [2.05, 4.69) is 56.1 Å². The van der Waals surface area contributed by atoms with Crippen LogP contribution in [0.5, 0.6) is 0 Å². The molecule has 0 spiro atoms. The minimum Gasteiger partial charge on any atom is -0.335 e. The summed E-state index contributed by atoms with van der Waals surface area (Å²) in [5, 5.41) is 0.646. The molecule has 0 unspecified atom stereocenters. The minimum atomic E-state index is 0.646. The van der Waals surface area contributed by atoms with Crippen LogP contribution >= 0.6 is 11.6 Å². The van der Waals surface area contributed by atoms with E-state index in [4.69, 9.17) is 11.6 Å². The van der Waals surface area contributed by atoms with E-state index in [1.54, 1.807) is 12.3 Å². The van der Waals surface area contributed by atoms with Gasteiger partial charge in [0.15, 0.2) is 5.65 Å². The van der Waals surface area contributed by atoms with Crippen LogP contribution in [0.3, 0.4) is 0 Å². The number of benzene rings is 1. The zero-order valence-corrected chi connectivity index (χ0v) is 14.4. The zero-order valence-electron chi connectivity index (χ0n) is 13.7. The van der Waals surface area contributed by atoms with E-state index < -0.39 is 0 Å².